The zero-order valence-corrected chi connectivity index (χ0v) is 15.3. The highest BCUT2D eigenvalue weighted by atomic mass is 16.4. The molecule has 0 fully saturated rings. The summed E-state index contributed by atoms with van der Waals surface area (Å²) in [5.41, 5.74) is 0.989. The van der Waals surface area contributed by atoms with Gasteiger partial charge in [-0.05, 0) is 41.1 Å². The Bertz CT molecular complexity index is 1220. The molecule has 29 heavy (non-hydrogen) atoms. The summed E-state index contributed by atoms with van der Waals surface area (Å²) in [6, 6.07) is 25.8. The van der Waals surface area contributed by atoms with E-state index < -0.39 is 11.9 Å². The maximum absolute atomic E-state index is 12.3. The molecule has 5 heteroatoms. The van der Waals surface area contributed by atoms with Crippen LogP contribution in [-0.2, 0) is 4.79 Å². The fraction of sp³-hybridized carbons (Fsp3) is 0. The van der Waals surface area contributed by atoms with Crippen LogP contribution in [0.3, 0.4) is 0 Å². The first-order chi connectivity index (χ1) is 14.1. The number of benzene rings is 3. The summed E-state index contributed by atoms with van der Waals surface area (Å²) in [5, 5.41) is 14.1. The Morgan fingerprint density at radius 3 is 2.31 bits per heavy atom. The molecule has 3 aromatic carbocycles. The van der Waals surface area contributed by atoms with Crippen LogP contribution in [-0.4, -0.2) is 17.0 Å². The molecule has 0 aliphatic rings. The number of amides is 1. The molecule has 1 aromatic heterocycles. The molecule has 0 spiro atoms. The van der Waals surface area contributed by atoms with Crippen LogP contribution in [0.1, 0.15) is 16.1 Å². The lowest BCUT2D eigenvalue weighted by Gasteiger charge is -2.05. The Kier molecular flexibility index (Phi) is 4.95. The van der Waals surface area contributed by atoms with Crippen molar-refractivity contribution in [2.75, 3.05) is 0 Å². The Morgan fingerprint density at radius 1 is 0.828 bits per heavy atom. The third-order valence-corrected chi connectivity index (χ3v) is 4.46. The summed E-state index contributed by atoms with van der Waals surface area (Å²) in [6.07, 6.45) is 1.30. The molecule has 0 aliphatic heterocycles. The Labute approximate surface area is 166 Å². The van der Waals surface area contributed by atoms with Crippen LogP contribution < -0.4 is 5.32 Å². The van der Waals surface area contributed by atoms with E-state index in [2.05, 4.69) is 5.32 Å². The first kappa shape index (κ1) is 18.3. The van der Waals surface area contributed by atoms with Gasteiger partial charge in [-0.3, -0.25) is 4.79 Å². The monoisotopic (exact) mass is 383 g/mol. The molecule has 2 N–H and O–H groups in total. The summed E-state index contributed by atoms with van der Waals surface area (Å²) < 4.78 is 5.80. The topological polar surface area (TPSA) is 79.5 Å². The molecule has 0 unspecified atom stereocenters. The van der Waals surface area contributed by atoms with Gasteiger partial charge in [0.05, 0.1) is 0 Å². The Balaban J connectivity index is 1.60. The third-order valence-electron chi connectivity index (χ3n) is 4.46. The van der Waals surface area contributed by atoms with Gasteiger partial charge in [0.25, 0.3) is 5.91 Å². The molecule has 5 nitrogen and oxygen atoms in total. The summed E-state index contributed by atoms with van der Waals surface area (Å²) >= 11 is 0. The van der Waals surface area contributed by atoms with Crippen LogP contribution in [0, 0.1) is 0 Å². The maximum Gasteiger partial charge on any atom is 0.352 e. The van der Waals surface area contributed by atoms with Crippen molar-refractivity contribution in [3.8, 4) is 11.3 Å². The van der Waals surface area contributed by atoms with Crippen molar-refractivity contribution in [2.24, 2.45) is 0 Å². The van der Waals surface area contributed by atoms with E-state index in [-0.39, 0.29) is 5.70 Å². The van der Waals surface area contributed by atoms with E-state index in [1.165, 1.54) is 6.08 Å². The van der Waals surface area contributed by atoms with E-state index >= 15 is 0 Å². The van der Waals surface area contributed by atoms with Gasteiger partial charge in [-0.15, -0.1) is 0 Å². The molecule has 1 amide bonds. The average Bonchev–Trinajstić information content (AvgIpc) is 3.22. The first-order valence-electron chi connectivity index (χ1n) is 9.00. The van der Waals surface area contributed by atoms with Crippen molar-refractivity contribution in [1.29, 1.82) is 0 Å². The number of carboxylic acid groups (broad SMARTS) is 1. The van der Waals surface area contributed by atoms with Gasteiger partial charge in [-0.25, -0.2) is 4.79 Å². The lowest BCUT2D eigenvalue weighted by molar-refractivity contribution is -0.132. The number of hydrogen-bond donors (Lipinski definition) is 2. The minimum absolute atomic E-state index is 0.265. The fourth-order valence-electron chi connectivity index (χ4n) is 3.01. The Hall–Kier alpha value is -4.12. The SMILES string of the molecule is O=C(O)/C(=C/c1ccc(-c2ccc3ccccc3c2)o1)NC(=O)c1ccccc1. The summed E-state index contributed by atoms with van der Waals surface area (Å²) in [4.78, 5) is 23.8. The van der Waals surface area contributed by atoms with E-state index in [0.717, 1.165) is 16.3 Å². The quantitative estimate of drug-likeness (QED) is 0.478. The molecule has 0 aliphatic carbocycles. The van der Waals surface area contributed by atoms with Crippen LogP contribution in [0.4, 0.5) is 0 Å². The average molecular weight is 383 g/mol. The normalized spacial score (nSPS) is 11.4. The number of aliphatic carboxylic acids is 1. The van der Waals surface area contributed by atoms with Crippen molar-refractivity contribution in [1.82, 2.24) is 5.32 Å². The van der Waals surface area contributed by atoms with Gasteiger partial charge in [-0.1, -0.05) is 54.6 Å². The van der Waals surface area contributed by atoms with Crippen molar-refractivity contribution >= 4 is 28.7 Å². The molecule has 4 aromatic rings. The van der Waals surface area contributed by atoms with Gasteiger partial charge in [0.1, 0.15) is 17.2 Å². The van der Waals surface area contributed by atoms with Gasteiger partial charge in [0, 0.05) is 17.2 Å². The molecule has 1 heterocycles. The maximum atomic E-state index is 12.3. The standard InChI is InChI=1S/C24H17NO4/c26-23(17-7-2-1-3-8-17)25-21(24(27)28)15-20-12-13-22(29-20)19-11-10-16-6-4-5-9-18(16)14-19/h1-15H,(H,25,26)(H,27,28)/b21-15-. The highest BCUT2D eigenvalue weighted by Crippen LogP contribution is 2.27. The van der Waals surface area contributed by atoms with Crippen molar-refractivity contribution < 1.29 is 19.1 Å². The number of rotatable bonds is 5. The minimum atomic E-state index is -1.25. The number of furan rings is 1. The fourth-order valence-corrected chi connectivity index (χ4v) is 3.01. The summed E-state index contributed by atoms with van der Waals surface area (Å²) in [5.74, 6) is -0.807. The third kappa shape index (κ3) is 4.09. The van der Waals surface area contributed by atoms with E-state index in [1.807, 2.05) is 42.5 Å². The highest BCUT2D eigenvalue weighted by molar-refractivity contribution is 6.02. The molecule has 0 atom stereocenters. The van der Waals surface area contributed by atoms with E-state index in [0.29, 0.717) is 17.1 Å². The van der Waals surface area contributed by atoms with Crippen LogP contribution in [0.2, 0.25) is 0 Å². The number of fused-ring (bicyclic) bond motifs is 1. The predicted molar refractivity (Wildman–Crippen MR) is 111 cm³/mol. The zero-order chi connectivity index (χ0) is 20.2. The second-order valence-electron chi connectivity index (χ2n) is 6.45. The predicted octanol–water partition coefficient (Wildman–Crippen LogP) is 4.96. The molecule has 4 rings (SSSR count). The second-order valence-corrected chi connectivity index (χ2v) is 6.45. The lowest BCUT2D eigenvalue weighted by atomic mass is 10.1. The largest absolute Gasteiger partial charge is 0.477 e. The van der Waals surface area contributed by atoms with Gasteiger partial charge < -0.3 is 14.8 Å². The van der Waals surface area contributed by atoms with E-state index in [4.69, 9.17) is 4.42 Å². The van der Waals surface area contributed by atoms with Gasteiger partial charge in [-0.2, -0.15) is 0 Å². The van der Waals surface area contributed by atoms with Gasteiger partial charge in [0.2, 0.25) is 0 Å². The summed E-state index contributed by atoms with van der Waals surface area (Å²) in [7, 11) is 0. The van der Waals surface area contributed by atoms with Crippen LogP contribution in [0.5, 0.6) is 0 Å². The minimum Gasteiger partial charge on any atom is -0.477 e. The number of carboxylic acids is 1. The van der Waals surface area contributed by atoms with Crippen LogP contribution in [0.15, 0.2) is 95.0 Å². The zero-order valence-electron chi connectivity index (χ0n) is 15.3. The smallest absolute Gasteiger partial charge is 0.352 e. The first-order valence-corrected chi connectivity index (χ1v) is 9.00. The van der Waals surface area contributed by atoms with Gasteiger partial charge in [0.15, 0.2) is 0 Å². The number of nitrogens with one attached hydrogen (secondary N) is 1. The molecule has 0 bridgehead atoms. The summed E-state index contributed by atoms with van der Waals surface area (Å²) in [6.45, 7) is 0. The van der Waals surface area contributed by atoms with E-state index in [9.17, 15) is 14.7 Å². The van der Waals surface area contributed by atoms with Crippen molar-refractivity contribution in [3.05, 3.63) is 102 Å². The van der Waals surface area contributed by atoms with Gasteiger partial charge >= 0.3 is 5.97 Å². The van der Waals surface area contributed by atoms with Crippen molar-refractivity contribution in [3.63, 3.8) is 0 Å². The van der Waals surface area contributed by atoms with Crippen LogP contribution in [0.25, 0.3) is 28.2 Å². The van der Waals surface area contributed by atoms with Crippen molar-refractivity contribution in [2.45, 2.75) is 0 Å². The molecular weight excluding hydrogens is 366 g/mol. The second kappa shape index (κ2) is 7.86. The highest BCUT2D eigenvalue weighted by Gasteiger charge is 2.14. The van der Waals surface area contributed by atoms with Crippen LogP contribution >= 0.6 is 0 Å². The number of carbonyl (C=O) groups is 2. The molecular formula is C24H17NO4. The molecule has 142 valence electrons. The lowest BCUT2D eigenvalue weighted by Crippen LogP contribution is -2.27. The number of hydrogen-bond acceptors (Lipinski definition) is 3. The molecule has 0 saturated carbocycles. The molecule has 0 radical (unpaired) electrons. The van der Waals surface area contributed by atoms with E-state index in [1.54, 1.807) is 42.5 Å². The number of carbonyl (C=O) groups excluding carboxylic acids is 1. The molecule has 0 saturated heterocycles. The Morgan fingerprint density at radius 2 is 1.55 bits per heavy atom.